The zero-order chi connectivity index (χ0) is 22.8. The number of carbonyl (C=O) groups is 2. The quantitative estimate of drug-likeness (QED) is 0.585. The number of nitrogens with one attached hydrogen (secondary N) is 1. The van der Waals surface area contributed by atoms with Gasteiger partial charge in [-0.25, -0.2) is 0 Å². The molecule has 0 saturated heterocycles. The van der Waals surface area contributed by atoms with Crippen molar-refractivity contribution in [2.75, 3.05) is 19.7 Å². The van der Waals surface area contributed by atoms with Gasteiger partial charge in [-0.3, -0.25) is 9.59 Å². The molecule has 0 aliphatic heterocycles. The van der Waals surface area contributed by atoms with Crippen LogP contribution in [0.5, 0.6) is 5.75 Å². The summed E-state index contributed by atoms with van der Waals surface area (Å²) < 4.78 is 5.81. The summed E-state index contributed by atoms with van der Waals surface area (Å²) in [5.74, 6) is 0.736. The number of rotatable bonds is 11. The maximum absolute atomic E-state index is 13.2. The topological polar surface area (TPSA) is 58.6 Å². The van der Waals surface area contributed by atoms with E-state index in [0.29, 0.717) is 37.6 Å². The third-order valence-corrected chi connectivity index (χ3v) is 5.11. The van der Waals surface area contributed by atoms with Crippen molar-refractivity contribution in [2.24, 2.45) is 5.92 Å². The number of hydrogen-bond acceptors (Lipinski definition) is 3. The van der Waals surface area contributed by atoms with Crippen LogP contribution >= 0.6 is 0 Å². The van der Waals surface area contributed by atoms with Crippen LogP contribution < -0.4 is 10.1 Å². The summed E-state index contributed by atoms with van der Waals surface area (Å²) in [4.78, 5) is 27.7. The molecule has 0 radical (unpaired) electrons. The minimum Gasteiger partial charge on any atom is -0.484 e. The molecule has 2 rings (SSSR count). The molecule has 0 aliphatic rings. The molecule has 2 aromatic carbocycles. The fourth-order valence-electron chi connectivity index (χ4n) is 3.56. The number of amides is 2. The number of benzene rings is 2. The van der Waals surface area contributed by atoms with E-state index in [0.717, 1.165) is 16.7 Å². The Kier molecular flexibility index (Phi) is 9.57. The van der Waals surface area contributed by atoms with E-state index in [9.17, 15) is 9.59 Å². The second-order valence-corrected chi connectivity index (χ2v) is 8.50. The van der Waals surface area contributed by atoms with E-state index >= 15 is 0 Å². The van der Waals surface area contributed by atoms with Gasteiger partial charge in [0.05, 0.1) is 0 Å². The Hall–Kier alpha value is -2.82. The number of hydrogen-bond donors (Lipinski definition) is 1. The van der Waals surface area contributed by atoms with E-state index in [-0.39, 0.29) is 18.4 Å². The van der Waals surface area contributed by atoms with Gasteiger partial charge in [0.15, 0.2) is 6.61 Å². The van der Waals surface area contributed by atoms with Crippen LogP contribution in [0.4, 0.5) is 0 Å². The van der Waals surface area contributed by atoms with Crippen LogP contribution in [0.3, 0.4) is 0 Å². The van der Waals surface area contributed by atoms with Crippen molar-refractivity contribution in [1.82, 2.24) is 10.2 Å². The summed E-state index contributed by atoms with van der Waals surface area (Å²) in [6.45, 7) is 11.0. The molecular weight excluding hydrogens is 388 g/mol. The summed E-state index contributed by atoms with van der Waals surface area (Å²) in [5.41, 5.74) is 3.30. The number of aryl methyl sites for hydroxylation is 2. The number of carbonyl (C=O) groups excluding carboxylic acids is 2. The lowest BCUT2D eigenvalue weighted by Crippen LogP contribution is -2.51. The van der Waals surface area contributed by atoms with Crippen molar-refractivity contribution in [3.63, 3.8) is 0 Å². The van der Waals surface area contributed by atoms with E-state index in [1.807, 2.05) is 63.2 Å². The molecule has 0 saturated carbocycles. The van der Waals surface area contributed by atoms with Gasteiger partial charge in [-0.1, -0.05) is 57.2 Å². The van der Waals surface area contributed by atoms with Gasteiger partial charge in [0, 0.05) is 13.1 Å². The lowest BCUT2D eigenvalue weighted by Gasteiger charge is -2.30. The highest BCUT2D eigenvalue weighted by atomic mass is 16.5. The normalized spacial score (nSPS) is 11.8. The Labute approximate surface area is 186 Å². The molecule has 0 aliphatic carbocycles. The maximum atomic E-state index is 13.2. The third-order valence-electron chi connectivity index (χ3n) is 5.11. The Bertz CT molecular complexity index is 829. The lowest BCUT2D eigenvalue weighted by molar-refractivity contribution is -0.142. The molecule has 0 unspecified atom stereocenters. The van der Waals surface area contributed by atoms with Gasteiger partial charge in [0.2, 0.25) is 5.91 Å². The summed E-state index contributed by atoms with van der Waals surface area (Å²) in [7, 11) is 0. The number of nitrogens with zero attached hydrogens (tertiary/aromatic N) is 1. The smallest absolute Gasteiger partial charge is 0.261 e. The first-order valence-electron chi connectivity index (χ1n) is 11.1. The highest BCUT2D eigenvalue weighted by Crippen LogP contribution is 2.17. The Balaban J connectivity index is 2.13. The van der Waals surface area contributed by atoms with E-state index < -0.39 is 6.04 Å². The van der Waals surface area contributed by atoms with Crippen molar-refractivity contribution in [2.45, 2.75) is 53.5 Å². The summed E-state index contributed by atoms with van der Waals surface area (Å²) in [6.07, 6.45) is 1.23. The number of ether oxygens (including phenoxy) is 1. The van der Waals surface area contributed by atoms with Crippen molar-refractivity contribution in [1.29, 1.82) is 0 Å². The molecule has 5 nitrogen and oxygen atoms in total. The zero-order valence-corrected chi connectivity index (χ0v) is 19.5. The SMILES string of the molecule is CC[C@H](C(=O)NCC(C)C)N(CCc1ccccc1)C(=O)COc1cc(C)cc(C)c1. The third kappa shape index (κ3) is 8.08. The fraction of sp³-hybridized carbons (Fsp3) is 0.462. The van der Waals surface area contributed by atoms with E-state index in [1.54, 1.807) is 4.90 Å². The summed E-state index contributed by atoms with van der Waals surface area (Å²) in [5, 5.41) is 2.98. The van der Waals surface area contributed by atoms with Gasteiger partial charge in [-0.2, -0.15) is 0 Å². The van der Waals surface area contributed by atoms with Crippen LogP contribution in [-0.2, 0) is 16.0 Å². The van der Waals surface area contributed by atoms with Gasteiger partial charge in [0.1, 0.15) is 11.8 Å². The maximum Gasteiger partial charge on any atom is 0.261 e. The highest BCUT2D eigenvalue weighted by molar-refractivity contribution is 5.88. The Morgan fingerprint density at radius 2 is 1.68 bits per heavy atom. The highest BCUT2D eigenvalue weighted by Gasteiger charge is 2.28. The van der Waals surface area contributed by atoms with Crippen LogP contribution in [0.15, 0.2) is 48.5 Å². The molecule has 2 aromatic rings. The van der Waals surface area contributed by atoms with Crippen molar-refractivity contribution >= 4 is 11.8 Å². The molecule has 5 heteroatoms. The molecule has 0 fully saturated rings. The average Bonchev–Trinajstić information content (AvgIpc) is 2.73. The van der Waals surface area contributed by atoms with E-state index in [4.69, 9.17) is 4.74 Å². The standard InChI is InChI=1S/C26H36N2O3/c1-6-24(26(30)27-17-19(2)3)28(13-12-22-10-8-7-9-11-22)25(29)18-31-23-15-20(4)14-21(5)16-23/h7-11,14-16,19,24H,6,12-13,17-18H2,1-5H3,(H,27,30)/t24-/m1/s1. The van der Waals surface area contributed by atoms with Crippen LogP contribution in [0.2, 0.25) is 0 Å². The molecule has 1 atom stereocenters. The monoisotopic (exact) mass is 424 g/mol. The first kappa shape index (κ1) is 24.4. The molecule has 0 bridgehead atoms. The van der Waals surface area contributed by atoms with Gasteiger partial charge in [0.25, 0.3) is 5.91 Å². The van der Waals surface area contributed by atoms with Gasteiger partial charge >= 0.3 is 0 Å². The second kappa shape index (κ2) is 12.1. The molecule has 2 amide bonds. The molecule has 0 heterocycles. The van der Waals surface area contributed by atoms with Crippen LogP contribution in [-0.4, -0.2) is 42.5 Å². The largest absolute Gasteiger partial charge is 0.484 e. The van der Waals surface area contributed by atoms with Crippen molar-refractivity contribution in [3.05, 3.63) is 65.2 Å². The van der Waals surface area contributed by atoms with E-state index in [1.165, 1.54) is 0 Å². The molecular formula is C26H36N2O3. The van der Waals surface area contributed by atoms with E-state index in [2.05, 4.69) is 25.2 Å². The predicted molar refractivity (Wildman–Crippen MR) is 125 cm³/mol. The van der Waals surface area contributed by atoms with Crippen LogP contribution in [0, 0.1) is 19.8 Å². The van der Waals surface area contributed by atoms with Crippen molar-refractivity contribution in [3.8, 4) is 5.75 Å². The summed E-state index contributed by atoms with van der Waals surface area (Å²) >= 11 is 0. The first-order chi connectivity index (χ1) is 14.8. The lowest BCUT2D eigenvalue weighted by atomic mass is 10.1. The Morgan fingerprint density at radius 3 is 2.26 bits per heavy atom. The second-order valence-electron chi connectivity index (χ2n) is 8.50. The average molecular weight is 425 g/mol. The predicted octanol–water partition coefficient (Wildman–Crippen LogP) is 4.30. The Morgan fingerprint density at radius 1 is 1.03 bits per heavy atom. The molecule has 0 spiro atoms. The first-order valence-corrected chi connectivity index (χ1v) is 11.1. The van der Waals surface area contributed by atoms with Gasteiger partial charge in [-0.05, 0) is 61.4 Å². The fourth-order valence-corrected chi connectivity index (χ4v) is 3.56. The molecule has 31 heavy (non-hydrogen) atoms. The zero-order valence-electron chi connectivity index (χ0n) is 19.5. The van der Waals surface area contributed by atoms with Crippen LogP contribution in [0.1, 0.15) is 43.9 Å². The molecule has 168 valence electrons. The van der Waals surface area contributed by atoms with Gasteiger partial charge in [-0.15, -0.1) is 0 Å². The minimum atomic E-state index is -0.516. The van der Waals surface area contributed by atoms with Crippen molar-refractivity contribution < 1.29 is 14.3 Å². The molecule has 0 aromatic heterocycles. The summed E-state index contributed by atoms with van der Waals surface area (Å²) in [6, 6.07) is 15.4. The molecule has 1 N–H and O–H groups in total. The minimum absolute atomic E-state index is 0.0916. The van der Waals surface area contributed by atoms with Crippen LogP contribution in [0.25, 0.3) is 0 Å². The van der Waals surface area contributed by atoms with Gasteiger partial charge < -0.3 is 15.0 Å².